The summed E-state index contributed by atoms with van der Waals surface area (Å²) in [6, 6.07) is 17.1. The second-order valence-corrected chi connectivity index (χ2v) is 11.5. The van der Waals surface area contributed by atoms with Gasteiger partial charge in [-0.1, -0.05) is 11.6 Å². The average Bonchev–Trinajstić information content (AvgIpc) is 3.34. The average molecular weight is 658 g/mol. The third-order valence-electron chi connectivity index (χ3n) is 8.32. The minimum atomic E-state index is -0.247. The topological polar surface area (TPSA) is 128 Å². The number of fused-ring (bicyclic) bond motifs is 1. The molecular weight excluding hydrogens is 622 g/mol. The molecule has 3 heterocycles. The molecule has 0 bridgehead atoms. The van der Waals surface area contributed by atoms with E-state index in [0.29, 0.717) is 46.5 Å². The summed E-state index contributed by atoms with van der Waals surface area (Å²) in [5, 5.41) is 0.500. The van der Waals surface area contributed by atoms with E-state index >= 15 is 0 Å². The summed E-state index contributed by atoms with van der Waals surface area (Å²) < 4.78 is 21.7. The molecule has 2 aliphatic heterocycles. The lowest BCUT2D eigenvalue weighted by atomic mass is 10.1. The number of rotatable bonds is 10. The van der Waals surface area contributed by atoms with Gasteiger partial charge in [-0.25, -0.2) is 9.98 Å². The first-order chi connectivity index (χ1) is 22.8. The Bertz CT molecular complexity index is 1780. The maximum absolute atomic E-state index is 13.8. The number of methoxy groups -OCH3 is 4. The third kappa shape index (κ3) is 6.60. The van der Waals surface area contributed by atoms with E-state index in [1.165, 1.54) is 0 Å². The van der Waals surface area contributed by atoms with E-state index in [1.54, 1.807) is 51.7 Å². The number of nitrogens with zero attached hydrogens (tertiary/aromatic N) is 6. The second kappa shape index (κ2) is 13.7. The molecule has 1 aromatic heterocycles. The highest BCUT2D eigenvalue weighted by molar-refractivity contribution is 6.55. The summed E-state index contributed by atoms with van der Waals surface area (Å²) in [5.74, 6) is 2.48. The van der Waals surface area contributed by atoms with Gasteiger partial charge in [0.25, 0.3) is 11.9 Å². The van der Waals surface area contributed by atoms with Crippen molar-refractivity contribution >= 4 is 46.4 Å². The standard InChI is InChI=1S/C34H36ClN7O5/c1-44-25-8-6-24(7-9-25)41-13-11-40(12-14-41)20-42-27-10-5-23(35)18-26(27)30(33(42)43)38-34-37-19-22(32(36)39-34)15-21-16-28(45-2)31(47-4)29(17-21)46-3/h5-10,16-19H,11-15,20H2,1-4H3,(H2,36,37,39)/b38-30-. The lowest BCUT2D eigenvalue weighted by Gasteiger charge is -2.37. The van der Waals surface area contributed by atoms with Crippen LogP contribution in [-0.4, -0.2) is 87.8 Å². The summed E-state index contributed by atoms with van der Waals surface area (Å²) in [7, 11) is 6.34. The number of benzene rings is 3. The lowest BCUT2D eigenvalue weighted by Crippen LogP contribution is -2.51. The van der Waals surface area contributed by atoms with Crippen LogP contribution in [0.4, 0.5) is 23.1 Å². The first-order valence-corrected chi connectivity index (χ1v) is 15.4. The van der Waals surface area contributed by atoms with Gasteiger partial charge in [0.1, 0.15) is 17.3 Å². The number of piperazine rings is 1. The van der Waals surface area contributed by atoms with Crippen LogP contribution >= 0.6 is 11.6 Å². The molecule has 244 valence electrons. The highest BCUT2D eigenvalue weighted by Crippen LogP contribution is 2.39. The van der Waals surface area contributed by atoms with Crippen molar-refractivity contribution in [3.05, 3.63) is 82.5 Å². The number of aromatic nitrogens is 2. The van der Waals surface area contributed by atoms with Crippen molar-refractivity contribution in [1.29, 1.82) is 0 Å². The molecule has 1 fully saturated rings. The normalized spacial score (nSPS) is 15.6. The first-order valence-electron chi connectivity index (χ1n) is 15.0. The van der Waals surface area contributed by atoms with Crippen molar-refractivity contribution in [2.24, 2.45) is 4.99 Å². The van der Waals surface area contributed by atoms with E-state index in [4.69, 9.17) is 36.3 Å². The number of aliphatic imine (C=N–C) groups is 1. The fourth-order valence-corrected chi connectivity index (χ4v) is 6.00. The minimum Gasteiger partial charge on any atom is -0.497 e. The van der Waals surface area contributed by atoms with Gasteiger partial charge >= 0.3 is 0 Å². The lowest BCUT2D eigenvalue weighted by molar-refractivity contribution is -0.112. The van der Waals surface area contributed by atoms with Crippen molar-refractivity contribution in [1.82, 2.24) is 14.9 Å². The quantitative estimate of drug-likeness (QED) is 0.259. The van der Waals surface area contributed by atoms with E-state index in [1.807, 2.05) is 30.3 Å². The number of hydrogen-bond donors (Lipinski definition) is 1. The number of carbonyl (C=O) groups is 1. The molecule has 13 heteroatoms. The van der Waals surface area contributed by atoms with Crippen LogP contribution in [0.5, 0.6) is 23.0 Å². The SMILES string of the molecule is COc1ccc(N2CCN(CN3C(=O)/C(=N\c4ncc(Cc5cc(OC)c(OC)c(OC)c5)c(N)n4)c4cc(Cl)ccc43)CC2)cc1. The Morgan fingerprint density at radius 1 is 0.894 bits per heavy atom. The highest BCUT2D eigenvalue weighted by atomic mass is 35.5. The van der Waals surface area contributed by atoms with Crippen LogP contribution in [0.1, 0.15) is 16.7 Å². The number of amides is 1. The van der Waals surface area contributed by atoms with E-state index in [-0.39, 0.29) is 23.4 Å². The molecule has 3 aromatic carbocycles. The van der Waals surface area contributed by atoms with Crippen molar-refractivity contribution < 1.29 is 23.7 Å². The summed E-state index contributed by atoms with van der Waals surface area (Å²) in [4.78, 5) is 33.6. The Labute approximate surface area is 278 Å². The maximum Gasteiger partial charge on any atom is 0.278 e. The summed E-state index contributed by atoms with van der Waals surface area (Å²) in [6.07, 6.45) is 2.03. The number of nitrogens with two attached hydrogens (primary N) is 1. The first kappa shape index (κ1) is 31.9. The van der Waals surface area contributed by atoms with Gasteiger partial charge < -0.3 is 29.6 Å². The number of halogens is 1. The van der Waals surface area contributed by atoms with Crippen molar-refractivity contribution in [2.75, 3.05) is 76.8 Å². The maximum atomic E-state index is 13.8. The number of ether oxygens (including phenoxy) is 4. The largest absolute Gasteiger partial charge is 0.497 e. The summed E-state index contributed by atoms with van der Waals surface area (Å²) in [6.45, 7) is 3.66. The third-order valence-corrected chi connectivity index (χ3v) is 8.55. The van der Waals surface area contributed by atoms with Crippen LogP contribution in [0.15, 0.2) is 65.8 Å². The van der Waals surface area contributed by atoms with Crippen molar-refractivity contribution in [2.45, 2.75) is 6.42 Å². The molecule has 1 amide bonds. The summed E-state index contributed by atoms with van der Waals surface area (Å²) in [5.41, 5.74) is 10.6. The van der Waals surface area contributed by atoms with Crippen LogP contribution < -0.4 is 34.5 Å². The molecule has 0 spiro atoms. The van der Waals surface area contributed by atoms with Crippen LogP contribution in [-0.2, 0) is 11.2 Å². The Morgan fingerprint density at radius 3 is 2.21 bits per heavy atom. The molecule has 0 atom stereocenters. The Kier molecular flexibility index (Phi) is 9.32. The zero-order chi connectivity index (χ0) is 33.1. The van der Waals surface area contributed by atoms with Gasteiger partial charge in [0.2, 0.25) is 5.75 Å². The number of nitrogen functional groups attached to an aromatic ring is 1. The van der Waals surface area contributed by atoms with Crippen LogP contribution in [0.25, 0.3) is 0 Å². The highest BCUT2D eigenvalue weighted by Gasteiger charge is 2.36. The van der Waals surface area contributed by atoms with Gasteiger partial charge in [-0.05, 0) is 60.2 Å². The summed E-state index contributed by atoms with van der Waals surface area (Å²) >= 11 is 6.37. The second-order valence-electron chi connectivity index (χ2n) is 11.1. The number of carbonyl (C=O) groups excluding carboxylic acids is 1. The predicted octanol–water partition coefficient (Wildman–Crippen LogP) is 4.58. The predicted molar refractivity (Wildman–Crippen MR) is 182 cm³/mol. The van der Waals surface area contributed by atoms with Crippen LogP contribution in [0.3, 0.4) is 0 Å². The Balaban J connectivity index is 1.19. The molecule has 0 unspecified atom stereocenters. The van der Waals surface area contributed by atoms with Crippen LogP contribution in [0.2, 0.25) is 5.02 Å². The van der Waals surface area contributed by atoms with E-state index in [0.717, 1.165) is 48.9 Å². The molecule has 0 radical (unpaired) electrons. The minimum absolute atomic E-state index is 0.0837. The fraction of sp³-hybridized carbons (Fsp3) is 0.294. The number of anilines is 3. The molecule has 2 N–H and O–H groups in total. The Morgan fingerprint density at radius 2 is 1.60 bits per heavy atom. The van der Waals surface area contributed by atoms with Crippen molar-refractivity contribution in [3.63, 3.8) is 0 Å². The van der Waals surface area contributed by atoms with Gasteiger partial charge in [0.15, 0.2) is 11.5 Å². The Hall–Kier alpha value is -5.07. The smallest absolute Gasteiger partial charge is 0.278 e. The van der Waals surface area contributed by atoms with Gasteiger partial charge in [-0.2, -0.15) is 4.98 Å². The van der Waals surface area contributed by atoms with Gasteiger partial charge in [0.05, 0.1) is 40.8 Å². The van der Waals surface area contributed by atoms with Gasteiger partial charge in [0, 0.05) is 60.6 Å². The fourth-order valence-electron chi connectivity index (χ4n) is 5.83. The molecule has 2 aliphatic rings. The molecule has 4 aromatic rings. The number of hydrogen-bond acceptors (Lipinski definition) is 11. The van der Waals surface area contributed by atoms with Crippen molar-refractivity contribution in [3.8, 4) is 23.0 Å². The molecular formula is C34H36ClN7O5. The van der Waals surface area contributed by atoms with E-state index < -0.39 is 0 Å². The zero-order valence-corrected chi connectivity index (χ0v) is 27.5. The molecule has 0 saturated carbocycles. The van der Waals surface area contributed by atoms with Crippen LogP contribution in [0, 0.1) is 0 Å². The monoisotopic (exact) mass is 657 g/mol. The molecule has 47 heavy (non-hydrogen) atoms. The van der Waals surface area contributed by atoms with E-state index in [2.05, 4.69) is 36.9 Å². The molecule has 6 rings (SSSR count). The molecule has 1 saturated heterocycles. The zero-order valence-electron chi connectivity index (χ0n) is 26.7. The van der Waals surface area contributed by atoms with Gasteiger partial charge in [-0.3, -0.25) is 14.6 Å². The molecule has 12 nitrogen and oxygen atoms in total. The van der Waals surface area contributed by atoms with E-state index in [9.17, 15) is 4.79 Å². The van der Waals surface area contributed by atoms with Gasteiger partial charge in [-0.15, -0.1) is 0 Å². The molecule has 0 aliphatic carbocycles.